The first-order chi connectivity index (χ1) is 13.2. The molecule has 9 nitrogen and oxygen atoms in total. The van der Waals surface area contributed by atoms with Gasteiger partial charge < -0.3 is 0 Å². The van der Waals surface area contributed by atoms with Gasteiger partial charge in [-0.25, -0.2) is 18.2 Å². The van der Waals surface area contributed by atoms with Crippen molar-refractivity contribution in [2.45, 2.75) is 18.7 Å². The van der Waals surface area contributed by atoms with E-state index in [1.165, 1.54) is 30.3 Å². The van der Waals surface area contributed by atoms with Crippen LogP contribution in [0, 0.1) is 13.8 Å². The number of amides is 4. The van der Waals surface area contributed by atoms with Crippen LogP contribution in [0.25, 0.3) is 0 Å². The third-order valence-electron chi connectivity index (χ3n) is 4.22. The minimum Gasteiger partial charge on any atom is -0.280 e. The maximum Gasteiger partial charge on any atom is 0.343 e. The van der Waals surface area contributed by atoms with Crippen molar-refractivity contribution in [3.63, 3.8) is 0 Å². The molecule has 1 aliphatic rings. The van der Waals surface area contributed by atoms with E-state index in [1.54, 1.807) is 12.1 Å². The summed E-state index contributed by atoms with van der Waals surface area (Å²) in [5.74, 6) is -1.12. The molecule has 0 saturated carbocycles. The second-order valence-electron chi connectivity index (χ2n) is 6.31. The average molecular weight is 402 g/mol. The Morgan fingerprint density at radius 1 is 1.04 bits per heavy atom. The highest BCUT2D eigenvalue weighted by Crippen LogP contribution is 2.19. The Balaban J connectivity index is 1.70. The molecule has 0 radical (unpaired) electrons. The Bertz CT molecular complexity index is 1060. The van der Waals surface area contributed by atoms with Gasteiger partial charge in [0.15, 0.2) is 0 Å². The number of sulfonamides is 1. The van der Waals surface area contributed by atoms with Crippen molar-refractivity contribution in [2.24, 2.45) is 0 Å². The predicted octanol–water partition coefficient (Wildman–Crippen LogP) is 1.30. The van der Waals surface area contributed by atoms with Crippen molar-refractivity contribution in [3.05, 3.63) is 59.2 Å². The zero-order valence-electron chi connectivity index (χ0n) is 15.1. The molecule has 1 aliphatic heterocycles. The molecule has 3 N–H and O–H groups in total. The van der Waals surface area contributed by atoms with Gasteiger partial charge in [-0.2, -0.15) is 0 Å². The molecule has 28 heavy (non-hydrogen) atoms. The van der Waals surface area contributed by atoms with Crippen LogP contribution in [0.4, 0.5) is 10.5 Å². The van der Waals surface area contributed by atoms with Crippen LogP contribution in [-0.2, 0) is 14.8 Å². The van der Waals surface area contributed by atoms with E-state index >= 15 is 0 Å². The van der Waals surface area contributed by atoms with E-state index in [2.05, 4.69) is 10.1 Å². The fraction of sp³-hybridized carbons (Fsp3) is 0.167. The molecule has 0 bridgehead atoms. The summed E-state index contributed by atoms with van der Waals surface area (Å²) in [6.07, 6.45) is 0. The molecule has 1 saturated heterocycles. The highest BCUT2D eigenvalue weighted by Gasteiger charge is 2.28. The van der Waals surface area contributed by atoms with Gasteiger partial charge in [0.05, 0.1) is 4.90 Å². The molecule has 3 rings (SSSR count). The Morgan fingerprint density at radius 2 is 1.71 bits per heavy atom. The van der Waals surface area contributed by atoms with Crippen molar-refractivity contribution in [3.8, 4) is 0 Å². The van der Waals surface area contributed by atoms with Crippen molar-refractivity contribution in [1.29, 1.82) is 0 Å². The average Bonchev–Trinajstić information content (AvgIpc) is 2.94. The largest absolute Gasteiger partial charge is 0.343 e. The van der Waals surface area contributed by atoms with Crippen LogP contribution < -0.4 is 15.5 Å². The van der Waals surface area contributed by atoms with Gasteiger partial charge in [0.2, 0.25) is 5.91 Å². The van der Waals surface area contributed by atoms with Crippen LogP contribution >= 0.6 is 0 Å². The fourth-order valence-electron chi connectivity index (χ4n) is 2.50. The topological polar surface area (TPSA) is 125 Å². The molecule has 2 aromatic carbocycles. The van der Waals surface area contributed by atoms with E-state index in [-0.39, 0.29) is 22.7 Å². The van der Waals surface area contributed by atoms with Crippen LogP contribution in [-0.4, -0.2) is 37.8 Å². The molecule has 0 aromatic heterocycles. The van der Waals surface area contributed by atoms with Gasteiger partial charge in [0.25, 0.3) is 15.9 Å². The number of carbonyl (C=O) groups is 3. The lowest BCUT2D eigenvalue weighted by Crippen LogP contribution is -2.44. The number of nitrogens with one attached hydrogen (secondary N) is 3. The molecule has 4 amide bonds. The van der Waals surface area contributed by atoms with Gasteiger partial charge in [-0.1, -0.05) is 6.07 Å². The van der Waals surface area contributed by atoms with Gasteiger partial charge >= 0.3 is 6.03 Å². The molecular weight excluding hydrogens is 384 g/mol. The highest BCUT2D eigenvalue weighted by atomic mass is 32.2. The molecule has 0 aliphatic carbocycles. The summed E-state index contributed by atoms with van der Waals surface area (Å²) in [5.41, 5.74) is 4.63. The lowest BCUT2D eigenvalue weighted by Gasteiger charge is -2.15. The number of nitrogens with zero attached hydrogens (tertiary/aromatic N) is 1. The fourth-order valence-corrected chi connectivity index (χ4v) is 3.65. The Morgan fingerprint density at radius 3 is 2.29 bits per heavy atom. The number of rotatable bonds is 5. The smallest absolute Gasteiger partial charge is 0.280 e. The molecule has 146 valence electrons. The van der Waals surface area contributed by atoms with Crippen LogP contribution in [0.2, 0.25) is 0 Å². The second kappa shape index (κ2) is 7.31. The molecule has 1 fully saturated rings. The lowest BCUT2D eigenvalue weighted by atomic mass is 10.1. The van der Waals surface area contributed by atoms with Crippen LogP contribution in [0.1, 0.15) is 21.5 Å². The number of hydrogen-bond donors (Lipinski definition) is 3. The van der Waals surface area contributed by atoms with Crippen LogP contribution in [0.3, 0.4) is 0 Å². The third-order valence-corrected chi connectivity index (χ3v) is 5.60. The summed E-state index contributed by atoms with van der Waals surface area (Å²) in [4.78, 5) is 34.9. The number of imide groups is 1. The Kier molecular flexibility index (Phi) is 5.06. The second-order valence-corrected chi connectivity index (χ2v) is 7.99. The molecule has 1 heterocycles. The van der Waals surface area contributed by atoms with Crippen molar-refractivity contribution >= 4 is 33.6 Å². The Hall–Kier alpha value is -3.40. The van der Waals surface area contributed by atoms with E-state index in [0.717, 1.165) is 16.1 Å². The zero-order chi connectivity index (χ0) is 20.5. The van der Waals surface area contributed by atoms with Gasteiger partial charge in [0, 0.05) is 11.3 Å². The van der Waals surface area contributed by atoms with Gasteiger partial charge in [-0.05, 0) is 61.4 Å². The minimum absolute atomic E-state index is 0.141. The van der Waals surface area contributed by atoms with Crippen LogP contribution in [0.5, 0.6) is 0 Å². The maximum absolute atomic E-state index is 12.5. The number of carbonyl (C=O) groups excluding carboxylic acids is 3. The van der Waals surface area contributed by atoms with E-state index < -0.39 is 27.9 Å². The van der Waals surface area contributed by atoms with Gasteiger partial charge in [-0.15, -0.1) is 0 Å². The van der Waals surface area contributed by atoms with Crippen molar-refractivity contribution in [1.82, 2.24) is 15.8 Å². The van der Waals surface area contributed by atoms with Gasteiger partial charge in [0.1, 0.15) is 6.54 Å². The lowest BCUT2D eigenvalue weighted by molar-refractivity contribution is -0.118. The first-order valence-corrected chi connectivity index (χ1v) is 9.76. The summed E-state index contributed by atoms with van der Waals surface area (Å²) >= 11 is 0. The highest BCUT2D eigenvalue weighted by molar-refractivity contribution is 7.92. The normalized spacial score (nSPS) is 14.0. The van der Waals surface area contributed by atoms with Gasteiger partial charge in [-0.3, -0.25) is 25.1 Å². The first kappa shape index (κ1) is 19.4. The first-order valence-electron chi connectivity index (χ1n) is 8.28. The molecule has 0 unspecified atom stereocenters. The van der Waals surface area contributed by atoms with E-state index in [0.29, 0.717) is 0 Å². The standard InChI is InChI=1S/C18H18N4O5S/c1-11-3-8-15(9-12(11)2)28(26,27)21-14-6-4-13(5-7-14)17(24)20-22-10-16(23)19-18(22)25/h3-9,21H,10H2,1-2H3,(H,20,24)(H,19,23,25). The summed E-state index contributed by atoms with van der Waals surface area (Å²) in [6.45, 7) is 3.46. The summed E-state index contributed by atoms with van der Waals surface area (Å²) in [6, 6.07) is 9.81. The van der Waals surface area contributed by atoms with E-state index in [1.807, 2.05) is 19.2 Å². The number of hydrazine groups is 1. The van der Waals surface area contributed by atoms with E-state index in [4.69, 9.17) is 0 Å². The van der Waals surface area contributed by atoms with Crippen molar-refractivity contribution < 1.29 is 22.8 Å². The summed E-state index contributed by atoms with van der Waals surface area (Å²) in [7, 11) is -3.77. The molecule has 0 atom stereocenters. The maximum atomic E-state index is 12.5. The third kappa shape index (κ3) is 4.12. The minimum atomic E-state index is -3.77. The molecule has 0 spiro atoms. The number of aryl methyl sites for hydroxylation is 2. The number of urea groups is 1. The SMILES string of the molecule is Cc1ccc(S(=O)(=O)Nc2ccc(C(=O)NN3CC(=O)NC3=O)cc2)cc1C. The Labute approximate surface area is 161 Å². The molecular formula is C18H18N4O5S. The predicted molar refractivity (Wildman–Crippen MR) is 101 cm³/mol. The quantitative estimate of drug-likeness (QED) is 0.650. The molecule has 10 heteroatoms. The van der Waals surface area contributed by atoms with Crippen molar-refractivity contribution in [2.75, 3.05) is 11.3 Å². The van der Waals surface area contributed by atoms with E-state index in [9.17, 15) is 22.8 Å². The summed E-state index contributed by atoms with van der Waals surface area (Å²) < 4.78 is 27.5. The number of benzene rings is 2. The summed E-state index contributed by atoms with van der Waals surface area (Å²) in [5, 5.41) is 2.90. The van der Waals surface area contributed by atoms with Crippen LogP contribution in [0.15, 0.2) is 47.4 Å². The number of hydrogen-bond acceptors (Lipinski definition) is 5. The zero-order valence-corrected chi connectivity index (χ0v) is 16.0. The molecule has 2 aromatic rings. The monoisotopic (exact) mass is 402 g/mol. The number of anilines is 1.